The van der Waals surface area contributed by atoms with Crippen LogP contribution in [0.25, 0.3) is 22.0 Å². The number of carbonyl (C=O) groups is 1. The quantitative estimate of drug-likeness (QED) is 0.263. The summed E-state index contributed by atoms with van der Waals surface area (Å²) in [4.78, 5) is 35.1. The zero-order valence-corrected chi connectivity index (χ0v) is 24.4. The summed E-state index contributed by atoms with van der Waals surface area (Å²) >= 11 is 6.40. The Morgan fingerprint density at radius 2 is 1.76 bits per heavy atom. The Bertz CT molecular complexity index is 1700. The van der Waals surface area contributed by atoms with E-state index in [1.165, 1.54) is 18.2 Å². The van der Waals surface area contributed by atoms with E-state index in [9.17, 15) is 18.4 Å². The molecule has 3 heterocycles. The normalized spacial score (nSPS) is 14.2. The number of anilines is 3. The number of piperazine rings is 1. The molecular weight excluding hydrogens is 564 g/mol. The Balaban J connectivity index is 1.39. The lowest BCUT2D eigenvalue weighted by Gasteiger charge is -2.32. The molecule has 0 spiro atoms. The van der Waals surface area contributed by atoms with Crippen LogP contribution in [-0.2, 0) is 13.1 Å². The predicted octanol–water partition coefficient (Wildman–Crippen LogP) is 5.45. The minimum absolute atomic E-state index is 0.0102. The van der Waals surface area contributed by atoms with Gasteiger partial charge in [-0.2, -0.15) is 0 Å². The molecule has 1 aliphatic heterocycles. The molecule has 9 nitrogen and oxygen atoms in total. The minimum atomic E-state index is -0.786. The third kappa shape index (κ3) is 6.38. The van der Waals surface area contributed by atoms with E-state index in [4.69, 9.17) is 11.6 Å². The van der Waals surface area contributed by atoms with E-state index in [2.05, 4.69) is 37.8 Å². The second-order valence-electron chi connectivity index (χ2n) is 10.3. The molecule has 4 aromatic rings. The van der Waals surface area contributed by atoms with E-state index in [1.807, 2.05) is 6.92 Å². The maximum Gasteiger partial charge on any atom is 0.323 e. The molecule has 0 atom stereocenters. The Morgan fingerprint density at radius 1 is 1.00 bits per heavy atom. The van der Waals surface area contributed by atoms with Gasteiger partial charge in [0.15, 0.2) is 0 Å². The van der Waals surface area contributed by atoms with Gasteiger partial charge in [0.2, 0.25) is 0 Å². The summed E-state index contributed by atoms with van der Waals surface area (Å²) in [7, 11) is 3.80. The third-order valence-electron chi connectivity index (χ3n) is 7.36. The first-order chi connectivity index (χ1) is 20.1. The number of nitrogens with zero attached hydrogens (tertiary/aromatic N) is 4. The number of hydrogen-bond acceptors (Lipinski definition) is 6. The zero-order valence-electron chi connectivity index (χ0n) is 23.6. The number of carbonyl (C=O) groups excluding carboxylic acids is 1. The fourth-order valence-electron chi connectivity index (χ4n) is 5.13. The fourth-order valence-corrected chi connectivity index (χ4v) is 5.38. The van der Waals surface area contributed by atoms with Gasteiger partial charge in [-0.1, -0.05) is 11.6 Å². The van der Waals surface area contributed by atoms with Gasteiger partial charge in [-0.25, -0.2) is 18.6 Å². The number of amides is 2. The summed E-state index contributed by atoms with van der Waals surface area (Å²) in [6, 6.07) is 9.35. The number of likely N-dealkylation sites (N-methyl/N-ethyl adjacent to an activating group) is 1. The number of rotatable bonds is 7. The highest BCUT2D eigenvalue weighted by molar-refractivity contribution is 6.33. The monoisotopic (exact) mass is 595 g/mol. The van der Waals surface area contributed by atoms with Crippen LogP contribution in [0, 0.1) is 11.6 Å². The molecule has 1 saturated heterocycles. The third-order valence-corrected chi connectivity index (χ3v) is 7.68. The maximum absolute atomic E-state index is 14.9. The van der Waals surface area contributed by atoms with Crippen LogP contribution in [0.15, 0.2) is 53.5 Å². The van der Waals surface area contributed by atoms with Crippen molar-refractivity contribution in [1.29, 1.82) is 0 Å². The summed E-state index contributed by atoms with van der Waals surface area (Å²) in [5, 5.41) is 8.72. The lowest BCUT2D eigenvalue weighted by atomic mass is 10.0. The first-order valence-corrected chi connectivity index (χ1v) is 14.0. The predicted molar refractivity (Wildman–Crippen MR) is 163 cm³/mol. The van der Waals surface area contributed by atoms with Crippen molar-refractivity contribution < 1.29 is 13.6 Å². The summed E-state index contributed by atoms with van der Waals surface area (Å²) in [6.45, 7) is 6.35. The van der Waals surface area contributed by atoms with Crippen LogP contribution < -0.4 is 21.5 Å². The van der Waals surface area contributed by atoms with E-state index >= 15 is 0 Å². The van der Waals surface area contributed by atoms with Crippen molar-refractivity contribution in [2.75, 3.05) is 56.2 Å². The summed E-state index contributed by atoms with van der Waals surface area (Å²) in [6.07, 6.45) is 1.64. The van der Waals surface area contributed by atoms with Gasteiger partial charge in [0.25, 0.3) is 5.56 Å². The molecule has 2 aromatic carbocycles. The average molecular weight is 596 g/mol. The Hall–Kier alpha value is -4.06. The number of aryl methyl sites for hydroxylation is 1. The minimum Gasteiger partial charge on any atom is -0.373 e. The van der Waals surface area contributed by atoms with Crippen molar-refractivity contribution in [3.8, 4) is 11.1 Å². The molecule has 42 heavy (non-hydrogen) atoms. The number of nitrogens with one attached hydrogen (secondary N) is 3. The molecule has 2 aromatic heterocycles. The van der Waals surface area contributed by atoms with Crippen molar-refractivity contribution >= 4 is 45.7 Å². The molecular formula is C30H32ClF2N7O2. The molecule has 12 heteroatoms. The molecule has 3 N–H and O–H groups in total. The number of fused-ring (bicyclic) bond motifs is 1. The van der Waals surface area contributed by atoms with Crippen molar-refractivity contribution in [3.05, 3.63) is 81.2 Å². The number of halogens is 3. The highest BCUT2D eigenvalue weighted by Gasteiger charge is 2.19. The average Bonchev–Trinajstić information content (AvgIpc) is 2.95. The number of urea groups is 1. The van der Waals surface area contributed by atoms with Gasteiger partial charge in [-0.15, -0.1) is 0 Å². The topological polar surface area (TPSA) is 94.5 Å². The highest BCUT2D eigenvalue weighted by Crippen LogP contribution is 2.33. The van der Waals surface area contributed by atoms with E-state index in [0.717, 1.165) is 37.8 Å². The van der Waals surface area contributed by atoms with Gasteiger partial charge in [0, 0.05) is 80.8 Å². The van der Waals surface area contributed by atoms with Crippen LogP contribution in [0.1, 0.15) is 12.5 Å². The van der Waals surface area contributed by atoms with Crippen LogP contribution in [0.4, 0.5) is 30.8 Å². The summed E-state index contributed by atoms with van der Waals surface area (Å²) in [5.74, 6) is -0.665. The van der Waals surface area contributed by atoms with Crippen molar-refractivity contribution in [1.82, 2.24) is 19.4 Å². The Morgan fingerprint density at radius 3 is 2.48 bits per heavy atom. The molecule has 0 saturated carbocycles. The summed E-state index contributed by atoms with van der Waals surface area (Å²) in [5.41, 5.74) is 1.61. The zero-order chi connectivity index (χ0) is 30.0. The maximum atomic E-state index is 14.9. The van der Waals surface area contributed by atoms with E-state index in [0.29, 0.717) is 29.8 Å². The van der Waals surface area contributed by atoms with E-state index in [1.54, 1.807) is 36.0 Å². The summed E-state index contributed by atoms with van der Waals surface area (Å²) < 4.78 is 30.9. The molecule has 0 unspecified atom stereocenters. The number of benzene rings is 2. The molecule has 220 valence electrons. The van der Waals surface area contributed by atoms with Gasteiger partial charge < -0.3 is 25.4 Å². The van der Waals surface area contributed by atoms with Gasteiger partial charge in [-0.3, -0.25) is 9.69 Å². The largest absolute Gasteiger partial charge is 0.373 e. The SMILES string of the molecule is CCn1c(=O)c(-c2cc(NC(=O)Nc3cc(F)cc(CN4CCN(C)CC4)c3)c(F)cc2Cl)cc2cnc(NC)cc21. The smallest absolute Gasteiger partial charge is 0.323 e. The van der Waals surface area contributed by atoms with Gasteiger partial charge in [-0.05, 0) is 55.9 Å². The van der Waals surface area contributed by atoms with Crippen molar-refractivity contribution in [2.24, 2.45) is 0 Å². The van der Waals surface area contributed by atoms with E-state index < -0.39 is 17.7 Å². The molecule has 1 aliphatic rings. The number of hydrogen-bond donors (Lipinski definition) is 3. The molecule has 1 fully saturated rings. The Kier molecular flexibility index (Phi) is 8.72. The number of pyridine rings is 2. The van der Waals surface area contributed by atoms with Crippen LogP contribution in [0.5, 0.6) is 0 Å². The Labute approximate surface area is 247 Å². The molecule has 2 amide bonds. The lowest BCUT2D eigenvalue weighted by molar-refractivity contribution is 0.148. The molecule has 5 rings (SSSR count). The second kappa shape index (κ2) is 12.4. The van der Waals surface area contributed by atoms with Crippen LogP contribution >= 0.6 is 11.6 Å². The van der Waals surface area contributed by atoms with E-state index in [-0.39, 0.29) is 33.1 Å². The van der Waals surface area contributed by atoms with Crippen molar-refractivity contribution in [3.63, 3.8) is 0 Å². The molecule has 0 bridgehead atoms. The fraction of sp³-hybridized carbons (Fsp3) is 0.300. The highest BCUT2D eigenvalue weighted by atomic mass is 35.5. The standard InChI is InChI=1S/C30H32ClF2N7O2/c1-4-40-27-15-28(34-2)35-16-19(27)11-23(29(40)41)22-13-26(25(33)14-24(22)31)37-30(42)36-21-10-18(9-20(32)12-21)17-39-7-5-38(3)6-8-39/h9-16H,4-8,17H2,1-3H3,(H,34,35)(H2,36,37,42). The first-order valence-electron chi connectivity index (χ1n) is 13.6. The van der Waals surface area contributed by atoms with Gasteiger partial charge in [0.1, 0.15) is 17.5 Å². The van der Waals surface area contributed by atoms with Crippen LogP contribution in [-0.4, -0.2) is 65.7 Å². The second-order valence-corrected chi connectivity index (χ2v) is 10.7. The van der Waals surface area contributed by atoms with Gasteiger partial charge >= 0.3 is 6.03 Å². The van der Waals surface area contributed by atoms with Crippen molar-refractivity contribution in [2.45, 2.75) is 20.0 Å². The van der Waals surface area contributed by atoms with Gasteiger partial charge in [0.05, 0.1) is 16.2 Å². The number of aromatic nitrogens is 2. The molecule has 0 aliphatic carbocycles. The van der Waals surface area contributed by atoms with Crippen LogP contribution in [0.3, 0.4) is 0 Å². The molecule has 0 radical (unpaired) electrons. The van der Waals surface area contributed by atoms with Crippen LogP contribution in [0.2, 0.25) is 5.02 Å². The lowest BCUT2D eigenvalue weighted by Crippen LogP contribution is -2.43. The first kappa shape index (κ1) is 29.4.